The van der Waals surface area contributed by atoms with Crippen molar-refractivity contribution in [2.24, 2.45) is 0 Å². The minimum atomic E-state index is -0.267. The molecule has 0 spiro atoms. The highest BCUT2D eigenvalue weighted by molar-refractivity contribution is 8.14. The summed E-state index contributed by atoms with van der Waals surface area (Å²) in [4.78, 5) is 11.7. The normalized spacial score (nSPS) is 28.0. The second-order valence-corrected chi connectivity index (χ2v) is 7.12. The molecular weight excluding hydrogens is 236 g/mol. The summed E-state index contributed by atoms with van der Waals surface area (Å²) in [5, 5.41) is 9.34. The van der Waals surface area contributed by atoms with E-state index in [-0.39, 0.29) is 22.3 Å². The van der Waals surface area contributed by atoms with Gasteiger partial charge in [-0.15, -0.1) is 0 Å². The van der Waals surface area contributed by atoms with Crippen LogP contribution in [0.2, 0.25) is 0 Å². The SMILES string of the molecule is CC(C)(C)SC(=O)OC1/C=C/CCC(O)CC1. The molecule has 1 N–H and O–H groups in total. The highest BCUT2D eigenvalue weighted by Crippen LogP contribution is 2.26. The number of ether oxygens (including phenoxy) is 1. The van der Waals surface area contributed by atoms with Gasteiger partial charge < -0.3 is 9.84 Å². The molecule has 1 aliphatic carbocycles. The number of carbonyl (C=O) groups excluding carboxylic acids is 1. The predicted octanol–water partition coefficient (Wildman–Crippen LogP) is 3.51. The van der Waals surface area contributed by atoms with Gasteiger partial charge in [-0.2, -0.15) is 0 Å². The number of hydrogen-bond acceptors (Lipinski definition) is 4. The van der Waals surface area contributed by atoms with Gasteiger partial charge in [0, 0.05) is 4.75 Å². The summed E-state index contributed by atoms with van der Waals surface area (Å²) in [5.74, 6) is 0. The van der Waals surface area contributed by atoms with Crippen molar-refractivity contribution in [3.8, 4) is 0 Å². The van der Waals surface area contributed by atoms with Crippen LogP contribution in [0.4, 0.5) is 4.79 Å². The summed E-state index contributed by atoms with van der Waals surface area (Å²) in [6.07, 6.45) is 6.52. The van der Waals surface area contributed by atoms with Crippen LogP contribution < -0.4 is 0 Å². The molecule has 0 amide bonds. The van der Waals surface area contributed by atoms with Gasteiger partial charge in [0.25, 0.3) is 0 Å². The summed E-state index contributed by atoms with van der Waals surface area (Å²) < 4.78 is 5.25. The third kappa shape index (κ3) is 6.74. The zero-order chi connectivity index (χ0) is 12.9. The number of thioether (sulfide) groups is 1. The molecule has 0 bridgehead atoms. The van der Waals surface area contributed by atoms with Crippen LogP contribution in [-0.4, -0.2) is 27.4 Å². The fourth-order valence-corrected chi connectivity index (χ4v) is 2.30. The molecular formula is C13H22O3S. The molecule has 2 atom stereocenters. The second-order valence-electron chi connectivity index (χ2n) is 5.36. The van der Waals surface area contributed by atoms with Crippen LogP contribution in [0.15, 0.2) is 12.2 Å². The standard InChI is InChI=1S/C13H22O3S/c1-13(2,3)17-12(15)16-11-7-5-4-6-10(14)8-9-11/h5,7,10-11,14H,4,6,8-9H2,1-3H3/b7-5+. The first-order valence-corrected chi connectivity index (χ1v) is 6.93. The first-order chi connectivity index (χ1) is 7.87. The van der Waals surface area contributed by atoms with Gasteiger partial charge in [0.1, 0.15) is 6.10 Å². The van der Waals surface area contributed by atoms with E-state index in [1.165, 1.54) is 11.8 Å². The van der Waals surface area contributed by atoms with E-state index in [9.17, 15) is 9.90 Å². The number of hydrogen-bond donors (Lipinski definition) is 1. The maximum Gasteiger partial charge on any atom is 0.368 e. The lowest BCUT2D eigenvalue weighted by molar-refractivity contribution is 0.107. The minimum Gasteiger partial charge on any atom is -0.450 e. The quantitative estimate of drug-likeness (QED) is 0.577. The lowest BCUT2D eigenvalue weighted by Crippen LogP contribution is -2.20. The Morgan fingerprint density at radius 2 is 2.06 bits per heavy atom. The average molecular weight is 258 g/mol. The Morgan fingerprint density at radius 1 is 1.35 bits per heavy atom. The molecule has 2 unspecified atom stereocenters. The maximum absolute atomic E-state index is 11.7. The smallest absolute Gasteiger partial charge is 0.368 e. The van der Waals surface area contributed by atoms with Crippen LogP contribution in [0.5, 0.6) is 0 Å². The molecule has 1 aliphatic rings. The van der Waals surface area contributed by atoms with Crippen molar-refractivity contribution in [1.29, 1.82) is 0 Å². The van der Waals surface area contributed by atoms with Crippen molar-refractivity contribution in [1.82, 2.24) is 0 Å². The largest absolute Gasteiger partial charge is 0.450 e. The van der Waals surface area contributed by atoms with Gasteiger partial charge in [0.15, 0.2) is 0 Å². The molecule has 98 valence electrons. The third-order valence-corrected chi connectivity index (χ3v) is 3.31. The fourth-order valence-electron chi connectivity index (χ4n) is 1.63. The van der Waals surface area contributed by atoms with E-state index >= 15 is 0 Å². The predicted molar refractivity (Wildman–Crippen MR) is 71.2 cm³/mol. The Kier molecular flexibility index (Phi) is 5.53. The van der Waals surface area contributed by atoms with Crippen molar-refractivity contribution in [3.63, 3.8) is 0 Å². The highest BCUT2D eigenvalue weighted by atomic mass is 32.2. The Hall–Kier alpha value is -0.480. The summed E-state index contributed by atoms with van der Waals surface area (Å²) in [6, 6.07) is 0. The summed E-state index contributed by atoms with van der Waals surface area (Å²) in [6.45, 7) is 5.95. The molecule has 0 saturated heterocycles. The van der Waals surface area contributed by atoms with Gasteiger partial charge in [-0.3, -0.25) is 0 Å². The zero-order valence-corrected chi connectivity index (χ0v) is 11.6. The first-order valence-electron chi connectivity index (χ1n) is 6.11. The van der Waals surface area contributed by atoms with Crippen molar-refractivity contribution >= 4 is 17.1 Å². The Morgan fingerprint density at radius 3 is 2.71 bits per heavy atom. The van der Waals surface area contributed by atoms with Crippen molar-refractivity contribution in [3.05, 3.63) is 12.2 Å². The maximum atomic E-state index is 11.7. The fraction of sp³-hybridized carbons (Fsp3) is 0.769. The van der Waals surface area contributed by atoms with Crippen molar-refractivity contribution < 1.29 is 14.6 Å². The van der Waals surface area contributed by atoms with Gasteiger partial charge in [-0.1, -0.05) is 26.8 Å². The molecule has 0 heterocycles. The van der Waals surface area contributed by atoms with Crippen molar-refractivity contribution in [2.45, 2.75) is 63.4 Å². The van der Waals surface area contributed by atoms with E-state index in [0.29, 0.717) is 12.8 Å². The molecule has 17 heavy (non-hydrogen) atoms. The van der Waals surface area contributed by atoms with Crippen LogP contribution in [0, 0.1) is 0 Å². The van der Waals surface area contributed by atoms with E-state index in [2.05, 4.69) is 0 Å². The Labute approximate surface area is 108 Å². The molecule has 0 aromatic carbocycles. The lowest BCUT2D eigenvalue weighted by atomic mass is 10.0. The number of aliphatic hydroxyl groups excluding tert-OH is 1. The third-order valence-electron chi connectivity index (χ3n) is 2.44. The zero-order valence-electron chi connectivity index (χ0n) is 10.8. The average Bonchev–Trinajstić information content (AvgIpc) is 2.14. The topological polar surface area (TPSA) is 46.5 Å². The molecule has 3 nitrogen and oxygen atoms in total. The molecule has 0 aromatic rings. The van der Waals surface area contributed by atoms with Gasteiger partial charge in [-0.05, 0) is 43.5 Å². The monoisotopic (exact) mass is 258 g/mol. The number of rotatable bonds is 1. The first kappa shape index (κ1) is 14.6. The van der Waals surface area contributed by atoms with Crippen LogP contribution in [0.1, 0.15) is 46.5 Å². The van der Waals surface area contributed by atoms with Gasteiger partial charge in [0.2, 0.25) is 0 Å². The van der Waals surface area contributed by atoms with E-state index < -0.39 is 0 Å². The summed E-state index contributed by atoms with van der Waals surface area (Å²) in [5.41, 5.74) is 0. The van der Waals surface area contributed by atoms with Crippen LogP contribution >= 0.6 is 11.8 Å². The molecule has 1 rings (SSSR count). The molecule has 0 saturated carbocycles. The van der Waals surface area contributed by atoms with Gasteiger partial charge in [0.05, 0.1) is 6.10 Å². The van der Waals surface area contributed by atoms with E-state index in [0.717, 1.165) is 12.8 Å². The lowest BCUT2D eigenvalue weighted by Gasteiger charge is -2.21. The Balaban J connectivity index is 2.44. The minimum absolute atomic E-state index is 0.123. The van der Waals surface area contributed by atoms with Crippen LogP contribution in [-0.2, 0) is 4.74 Å². The van der Waals surface area contributed by atoms with Crippen LogP contribution in [0.25, 0.3) is 0 Å². The molecule has 0 radical (unpaired) electrons. The van der Waals surface area contributed by atoms with E-state index in [4.69, 9.17) is 4.74 Å². The molecule has 0 fully saturated rings. The van der Waals surface area contributed by atoms with Gasteiger partial charge in [-0.25, -0.2) is 4.79 Å². The molecule has 0 aromatic heterocycles. The van der Waals surface area contributed by atoms with E-state index in [1.54, 1.807) is 0 Å². The summed E-state index contributed by atoms with van der Waals surface area (Å²) >= 11 is 1.21. The number of allylic oxidation sites excluding steroid dienone is 1. The number of carbonyl (C=O) groups is 1. The summed E-state index contributed by atoms with van der Waals surface area (Å²) in [7, 11) is 0. The molecule has 4 heteroatoms. The van der Waals surface area contributed by atoms with Crippen molar-refractivity contribution in [2.75, 3.05) is 0 Å². The highest BCUT2D eigenvalue weighted by Gasteiger charge is 2.21. The molecule has 0 aliphatic heterocycles. The second kappa shape index (κ2) is 6.45. The van der Waals surface area contributed by atoms with E-state index in [1.807, 2.05) is 32.9 Å². The Bertz CT molecular complexity index is 281. The van der Waals surface area contributed by atoms with Gasteiger partial charge >= 0.3 is 5.30 Å². The van der Waals surface area contributed by atoms with Crippen LogP contribution in [0.3, 0.4) is 0 Å². The number of aliphatic hydroxyl groups is 1.